The van der Waals surface area contributed by atoms with Gasteiger partial charge in [0.05, 0.1) is 124 Å². The number of aliphatic hydroxyl groups excluding tert-OH is 7. The maximum absolute atomic E-state index is 10.1. The summed E-state index contributed by atoms with van der Waals surface area (Å²) in [6.07, 6.45) is 0.568. The molecule has 0 unspecified atom stereocenters. The number of hydrogen-bond acceptors (Lipinski definition) is 21. The molecule has 6 bridgehead atoms. The van der Waals surface area contributed by atoms with E-state index >= 15 is 0 Å². The standard InChI is InChI=1S/C50H44Br3Cl5N8O15/c1-2-10-74-38-30(54)22-19(27(51)35(38)75-11-3-67)43-59-44(22)64-50-26-21(29(53)37(77-13-5-69)40(34(26)58)79-15-7-71)48-63-46-24-23(31(55)41(80-16-8-72)42(32(24)56)81-17-9-73)45(60-46)62-47-20-25(49(61-43)65(47)18-66(48)50)33(57)39(78-14-6-70)36(28(20)52)76-12-4-68/h67-73H,2-18H2,1H3. The molecule has 4 aromatic carbocycles. The van der Waals surface area contributed by atoms with E-state index in [2.05, 4.69) is 47.8 Å². The number of rotatable bonds is 24. The van der Waals surface area contributed by atoms with E-state index in [1.54, 1.807) is 9.13 Å². The highest BCUT2D eigenvalue weighted by Crippen LogP contribution is 2.57. The van der Waals surface area contributed by atoms with E-state index in [0.717, 1.165) is 0 Å². The van der Waals surface area contributed by atoms with Gasteiger partial charge in [0.1, 0.15) is 75.5 Å². The third kappa shape index (κ3) is 10.2. The zero-order valence-corrected chi connectivity index (χ0v) is 50.6. The SMILES string of the molecule is CCCOc1c(Cl)c2c(c(Br)c1OCCO)C1=Nc3c4c(Cl)c(OCCO)c(OCCO)c(Br)c4c4n3Cn3c(c5c(Cl)c(OCCO)c(OCCO)c(Br)c5c3=NC3=NC(=N4)c4c(Cl)c(OCCO)c(OCCO)c(Cl)c43)=NC2=N1. The lowest BCUT2D eigenvalue weighted by Gasteiger charge is -2.18. The van der Waals surface area contributed by atoms with Gasteiger partial charge in [0, 0.05) is 10.8 Å². The van der Waals surface area contributed by atoms with Crippen molar-refractivity contribution in [2.24, 2.45) is 30.0 Å². The molecule has 6 heterocycles. The summed E-state index contributed by atoms with van der Waals surface area (Å²) in [5, 5.41) is 70.5. The Hall–Kier alpha value is -4.75. The van der Waals surface area contributed by atoms with Crippen LogP contribution in [0.25, 0.3) is 21.5 Å². The summed E-state index contributed by atoms with van der Waals surface area (Å²) in [4.78, 5) is 31.3. The molecule has 23 nitrogen and oxygen atoms in total. The van der Waals surface area contributed by atoms with Crippen LogP contribution in [0.4, 0.5) is 11.6 Å². The summed E-state index contributed by atoms with van der Waals surface area (Å²) < 4.78 is 52.9. The van der Waals surface area contributed by atoms with Gasteiger partial charge >= 0.3 is 0 Å². The van der Waals surface area contributed by atoms with Crippen LogP contribution in [0.15, 0.2) is 43.4 Å². The molecule has 0 radical (unpaired) electrons. The molecule has 6 aromatic rings. The molecule has 0 atom stereocenters. The van der Waals surface area contributed by atoms with Gasteiger partial charge in [0.15, 0.2) is 69.3 Å². The van der Waals surface area contributed by atoms with Crippen molar-refractivity contribution >= 4 is 162 Å². The van der Waals surface area contributed by atoms with Crippen LogP contribution in [0, 0.1) is 0 Å². The van der Waals surface area contributed by atoms with Gasteiger partial charge in [-0.1, -0.05) is 64.9 Å². The van der Waals surface area contributed by atoms with Gasteiger partial charge < -0.3 is 73.6 Å². The number of hydrogen-bond donors (Lipinski definition) is 7. The quantitative estimate of drug-likeness (QED) is 0.0321. The summed E-state index contributed by atoms with van der Waals surface area (Å²) in [6, 6.07) is 0. The summed E-state index contributed by atoms with van der Waals surface area (Å²) >= 11 is 48.8. The van der Waals surface area contributed by atoms with Crippen LogP contribution in [0.5, 0.6) is 46.0 Å². The Kier molecular flexibility index (Phi) is 18.5. The predicted octanol–water partition coefficient (Wildman–Crippen LogP) is 6.99. The second-order valence-corrected chi connectivity index (χ2v) is 21.5. The van der Waals surface area contributed by atoms with Gasteiger partial charge in [-0.25, -0.2) is 30.0 Å². The third-order valence-electron chi connectivity index (χ3n) is 12.4. The van der Waals surface area contributed by atoms with Crippen LogP contribution < -0.4 is 48.9 Å². The fourth-order valence-corrected chi connectivity index (χ4v) is 12.9. The number of halogens is 8. The van der Waals surface area contributed by atoms with Crippen LogP contribution >= 0.6 is 106 Å². The largest absolute Gasteiger partial charge is 0.488 e. The molecule has 0 aliphatic carbocycles. The number of aliphatic imine (C=N–C) groups is 4. The molecule has 4 aliphatic heterocycles. The molecule has 0 saturated carbocycles. The average Bonchev–Trinajstić information content (AvgIpc) is 4.39. The Labute approximate surface area is 508 Å². The highest BCUT2D eigenvalue weighted by molar-refractivity contribution is 9.11. The fraction of sp³-hybridized carbons (Fsp3) is 0.360. The average molecular weight is 1410 g/mol. The van der Waals surface area contributed by atoms with Gasteiger partial charge in [-0.15, -0.1) is 0 Å². The highest BCUT2D eigenvalue weighted by Gasteiger charge is 2.40. The zero-order valence-electron chi connectivity index (χ0n) is 42.0. The summed E-state index contributed by atoms with van der Waals surface area (Å²) in [5.41, 5.74) is 0.715. The molecule has 4 aliphatic rings. The van der Waals surface area contributed by atoms with E-state index in [4.69, 9.17) is 126 Å². The number of aromatic nitrogens is 2. The number of amidine groups is 4. The van der Waals surface area contributed by atoms with Crippen LogP contribution in [-0.2, 0) is 6.67 Å². The van der Waals surface area contributed by atoms with Crippen molar-refractivity contribution < 1.29 is 73.6 Å². The lowest BCUT2D eigenvalue weighted by atomic mass is 10.1. The lowest BCUT2D eigenvalue weighted by molar-refractivity contribution is 0.178. The Bertz CT molecular complexity index is 3600. The van der Waals surface area contributed by atoms with E-state index < -0.39 is 39.6 Å². The Morgan fingerprint density at radius 2 is 0.679 bits per heavy atom. The first-order valence-electron chi connectivity index (χ1n) is 24.6. The van der Waals surface area contributed by atoms with E-state index in [0.29, 0.717) is 6.42 Å². The third-order valence-corrected chi connectivity index (χ3v) is 16.4. The first kappa shape index (κ1) is 59.4. The van der Waals surface area contributed by atoms with Gasteiger partial charge in [-0.05, 0) is 54.2 Å². The number of aliphatic hydroxyl groups is 7. The molecule has 7 N–H and O–H groups in total. The van der Waals surface area contributed by atoms with E-state index in [-0.39, 0.29) is 240 Å². The topological polar surface area (TPSA) is 299 Å². The highest BCUT2D eigenvalue weighted by atomic mass is 79.9. The molecule has 10 rings (SSSR count). The van der Waals surface area contributed by atoms with Crippen molar-refractivity contribution in [3.8, 4) is 46.0 Å². The Morgan fingerprint density at radius 3 is 1.12 bits per heavy atom. The van der Waals surface area contributed by atoms with Crippen molar-refractivity contribution in [2.45, 2.75) is 20.0 Å². The van der Waals surface area contributed by atoms with Crippen molar-refractivity contribution in [1.29, 1.82) is 0 Å². The normalized spacial score (nSPS) is 13.7. The van der Waals surface area contributed by atoms with Crippen LogP contribution in [0.3, 0.4) is 0 Å². The summed E-state index contributed by atoms with van der Waals surface area (Å²) in [5.74, 6) is -0.311. The Balaban J connectivity index is 1.49. The molecule has 0 amide bonds. The fourth-order valence-electron chi connectivity index (χ4n) is 9.30. The molecule has 430 valence electrons. The predicted molar refractivity (Wildman–Crippen MR) is 312 cm³/mol. The number of nitrogens with zero attached hydrogens (tertiary/aromatic N) is 8. The first-order chi connectivity index (χ1) is 39.3. The smallest absolute Gasteiger partial charge is 0.182 e. The molecule has 2 aromatic heterocycles. The minimum atomic E-state index is -0.443. The molecular formula is C50H44Br3Cl5N8O15. The summed E-state index contributed by atoms with van der Waals surface area (Å²) in [7, 11) is 0. The lowest BCUT2D eigenvalue weighted by Crippen LogP contribution is -2.32. The minimum Gasteiger partial charge on any atom is -0.488 e. The van der Waals surface area contributed by atoms with Gasteiger partial charge in [0.25, 0.3) is 0 Å². The van der Waals surface area contributed by atoms with Crippen LogP contribution in [0.1, 0.15) is 35.6 Å². The van der Waals surface area contributed by atoms with Gasteiger partial charge in [0.2, 0.25) is 0 Å². The van der Waals surface area contributed by atoms with Crippen molar-refractivity contribution in [1.82, 2.24) is 9.13 Å². The van der Waals surface area contributed by atoms with Crippen molar-refractivity contribution in [3.63, 3.8) is 0 Å². The minimum absolute atomic E-state index is 0.000494. The molecule has 0 saturated heterocycles. The van der Waals surface area contributed by atoms with Crippen LogP contribution in [-0.4, -0.2) is 167 Å². The maximum Gasteiger partial charge on any atom is 0.182 e. The molecule has 31 heteroatoms. The van der Waals surface area contributed by atoms with Crippen LogP contribution in [0.2, 0.25) is 25.1 Å². The number of fused-ring (bicyclic) bond motifs is 14. The van der Waals surface area contributed by atoms with Gasteiger partial charge in [-0.3, -0.25) is 9.13 Å². The van der Waals surface area contributed by atoms with E-state index in [1.807, 2.05) is 6.92 Å². The second kappa shape index (κ2) is 25.2. The second-order valence-electron chi connectivity index (χ2n) is 17.3. The van der Waals surface area contributed by atoms with E-state index in [9.17, 15) is 35.7 Å². The maximum atomic E-state index is 10.1. The first-order valence-corrected chi connectivity index (χ1v) is 28.9. The van der Waals surface area contributed by atoms with Crippen molar-refractivity contribution in [3.05, 3.63) is 71.8 Å². The summed E-state index contributed by atoms with van der Waals surface area (Å²) in [6.45, 7) is -2.94. The number of ether oxygens (including phenoxy) is 8. The van der Waals surface area contributed by atoms with E-state index in [1.165, 1.54) is 0 Å². The van der Waals surface area contributed by atoms with Gasteiger partial charge in [-0.2, -0.15) is 0 Å². The van der Waals surface area contributed by atoms with Crippen molar-refractivity contribution in [2.75, 3.05) is 99.1 Å². The molecule has 81 heavy (non-hydrogen) atoms. The monoisotopic (exact) mass is 1410 g/mol. The zero-order chi connectivity index (χ0) is 57.6. The Morgan fingerprint density at radius 1 is 0.358 bits per heavy atom. The molecular weight excluding hydrogens is 1370 g/mol. The molecule has 0 spiro atoms. The number of benzene rings is 4. The molecule has 0 fully saturated rings.